The van der Waals surface area contributed by atoms with E-state index in [1.807, 2.05) is 30.1 Å². The lowest BCUT2D eigenvalue weighted by Gasteiger charge is -2.23. The van der Waals surface area contributed by atoms with Crippen LogP contribution in [0.3, 0.4) is 0 Å². The van der Waals surface area contributed by atoms with E-state index < -0.39 is 5.97 Å². The van der Waals surface area contributed by atoms with Crippen molar-refractivity contribution in [3.05, 3.63) is 95.7 Å². The number of fused-ring (bicyclic) bond motifs is 1. The van der Waals surface area contributed by atoms with E-state index in [0.717, 1.165) is 16.9 Å². The van der Waals surface area contributed by atoms with Crippen LogP contribution >= 0.6 is 0 Å². The van der Waals surface area contributed by atoms with E-state index in [9.17, 15) is 14.7 Å². The van der Waals surface area contributed by atoms with Gasteiger partial charge in [-0.1, -0.05) is 44.2 Å². The van der Waals surface area contributed by atoms with Crippen LogP contribution in [0.1, 0.15) is 29.8 Å². The highest BCUT2D eigenvalue weighted by Gasteiger charge is 2.38. The molecule has 0 aliphatic carbocycles. The summed E-state index contributed by atoms with van der Waals surface area (Å²) in [6, 6.07) is 20.8. The number of carbonyl (C=O) groups is 2. The molecule has 0 saturated carbocycles. The first-order valence-electron chi connectivity index (χ1n) is 10.8. The predicted molar refractivity (Wildman–Crippen MR) is 130 cm³/mol. The van der Waals surface area contributed by atoms with Gasteiger partial charge in [0.1, 0.15) is 11.4 Å². The normalized spacial score (nSPS) is 15.5. The summed E-state index contributed by atoms with van der Waals surface area (Å²) < 4.78 is 5.30. The molecule has 0 saturated heterocycles. The second-order valence-corrected chi connectivity index (χ2v) is 8.51. The van der Waals surface area contributed by atoms with Gasteiger partial charge in [-0.2, -0.15) is 5.11 Å². The van der Waals surface area contributed by atoms with Gasteiger partial charge in [-0.15, -0.1) is 5.11 Å². The Hall–Kier alpha value is -4.26. The molecule has 0 spiro atoms. The summed E-state index contributed by atoms with van der Waals surface area (Å²) in [5, 5.41) is 17.6. The number of rotatable bonds is 6. The third-order valence-corrected chi connectivity index (χ3v) is 5.83. The van der Waals surface area contributed by atoms with Gasteiger partial charge in [0, 0.05) is 29.9 Å². The lowest BCUT2D eigenvalue weighted by Crippen LogP contribution is -2.25. The maximum atomic E-state index is 12.7. The van der Waals surface area contributed by atoms with Crippen molar-refractivity contribution in [2.45, 2.75) is 19.3 Å². The number of hydrogen-bond donors (Lipinski definition) is 1. The average molecular weight is 456 g/mol. The Bertz CT molecular complexity index is 1290. The molecule has 1 aliphatic rings. The number of phenols is 1. The van der Waals surface area contributed by atoms with Crippen LogP contribution in [0.2, 0.25) is 0 Å². The maximum absolute atomic E-state index is 12.7. The van der Waals surface area contributed by atoms with Crippen LogP contribution in [-0.2, 0) is 14.9 Å². The van der Waals surface area contributed by atoms with Gasteiger partial charge in [0.15, 0.2) is 12.4 Å². The van der Waals surface area contributed by atoms with E-state index in [1.54, 1.807) is 42.5 Å². The smallest absolute Gasteiger partial charge is 0.340 e. The summed E-state index contributed by atoms with van der Waals surface area (Å²) in [5.41, 5.74) is 3.74. The van der Waals surface area contributed by atoms with E-state index in [-0.39, 0.29) is 29.1 Å². The summed E-state index contributed by atoms with van der Waals surface area (Å²) >= 11 is 0. The van der Waals surface area contributed by atoms with E-state index in [0.29, 0.717) is 11.4 Å². The highest BCUT2D eigenvalue weighted by atomic mass is 16.5. The summed E-state index contributed by atoms with van der Waals surface area (Å²) in [4.78, 5) is 27.4. The first kappa shape index (κ1) is 22.9. The molecular weight excluding hydrogens is 430 g/mol. The molecule has 0 aromatic heterocycles. The molecule has 1 N–H and O–H groups in total. The molecule has 3 aromatic rings. The molecule has 1 aliphatic heterocycles. The number of nitrogens with zero attached hydrogens (tertiary/aromatic N) is 3. The highest BCUT2D eigenvalue weighted by molar-refractivity contribution is 5.98. The minimum atomic E-state index is -0.658. The van der Waals surface area contributed by atoms with Gasteiger partial charge in [0.05, 0.1) is 11.3 Å². The van der Waals surface area contributed by atoms with Crippen molar-refractivity contribution in [3.63, 3.8) is 0 Å². The fraction of sp³-hybridized carbons (Fsp3) is 0.185. The Labute approximate surface area is 198 Å². The average Bonchev–Trinajstić information content (AvgIpc) is 3.03. The van der Waals surface area contributed by atoms with Gasteiger partial charge in [-0.25, -0.2) is 4.79 Å². The Kier molecular flexibility index (Phi) is 6.27. The first-order chi connectivity index (χ1) is 16.3. The SMILES string of the molecule is CN1/C(=C\C(=O)COC(=O)c2ccccc2N=Nc2ccc(O)cc2)C(C)(C)c2ccccc21. The van der Waals surface area contributed by atoms with Gasteiger partial charge >= 0.3 is 5.97 Å². The molecule has 0 bridgehead atoms. The van der Waals surface area contributed by atoms with E-state index in [1.165, 1.54) is 12.1 Å². The van der Waals surface area contributed by atoms with E-state index >= 15 is 0 Å². The Balaban J connectivity index is 1.46. The van der Waals surface area contributed by atoms with Crippen LogP contribution in [0.5, 0.6) is 5.75 Å². The van der Waals surface area contributed by atoms with Crippen LogP contribution in [0, 0.1) is 0 Å². The molecule has 0 fully saturated rings. The zero-order valence-electron chi connectivity index (χ0n) is 19.2. The number of likely N-dealkylation sites (N-methyl/N-ethyl adjacent to an activating group) is 1. The number of anilines is 1. The van der Waals surface area contributed by atoms with Gasteiger partial charge in [0.2, 0.25) is 0 Å². The molecule has 34 heavy (non-hydrogen) atoms. The van der Waals surface area contributed by atoms with Crippen molar-refractivity contribution in [2.24, 2.45) is 10.2 Å². The monoisotopic (exact) mass is 455 g/mol. The van der Waals surface area contributed by atoms with Gasteiger partial charge in [0.25, 0.3) is 0 Å². The van der Waals surface area contributed by atoms with Crippen LogP contribution in [0.25, 0.3) is 0 Å². The van der Waals surface area contributed by atoms with Crippen LogP contribution in [-0.4, -0.2) is 30.5 Å². The third-order valence-electron chi connectivity index (χ3n) is 5.83. The van der Waals surface area contributed by atoms with Crippen molar-refractivity contribution in [1.29, 1.82) is 0 Å². The number of phenolic OH excluding ortho intramolecular Hbond substituents is 1. The molecule has 172 valence electrons. The van der Waals surface area contributed by atoms with Crippen LogP contribution in [0.15, 0.2) is 94.8 Å². The number of azo groups is 1. The summed E-state index contributed by atoms with van der Waals surface area (Å²) in [6.45, 7) is 3.75. The number of benzene rings is 3. The summed E-state index contributed by atoms with van der Waals surface area (Å²) in [5.74, 6) is -0.841. The van der Waals surface area contributed by atoms with Gasteiger partial charge in [-0.3, -0.25) is 4.79 Å². The molecule has 0 radical (unpaired) electrons. The molecule has 7 heteroatoms. The zero-order chi connectivity index (χ0) is 24.3. The number of carbonyl (C=O) groups excluding carboxylic acids is 2. The molecule has 0 atom stereocenters. The lowest BCUT2D eigenvalue weighted by molar-refractivity contribution is -0.117. The minimum Gasteiger partial charge on any atom is -0.508 e. The van der Waals surface area contributed by atoms with Crippen LogP contribution in [0.4, 0.5) is 17.1 Å². The quantitative estimate of drug-likeness (QED) is 0.286. The first-order valence-corrected chi connectivity index (χ1v) is 10.8. The fourth-order valence-corrected chi connectivity index (χ4v) is 4.03. The minimum absolute atomic E-state index is 0.124. The molecule has 1 heterocycles. The molecule has 4 rings (SSSR count). The Morgan fingerprint density at radius 3 is 2.38 bits per heavy atom. The van der Waals surface area contributed by atoms with E-state index in [4.69, 9.17) is 4.74 Å². The molecular formula is C27H25N3O4. The van der Waals surface area contributed by atoms with Gasteiger partial charge < -0.3 is 14.7 Å². The molecule has 3 aromatic carbocycles. The lowest BCUT2D eigenvalue weighted by atomic mass is 9.83. The zero-order valence-corrected chi connectivity index (χ0v) is 19.2. The van der Waals surface area contributed by atoms with Crippen molar-refractivity contribution in [2.75, 3.05) is 18.6 Å². The topological polar surface area (TPSA) is 91.6 Å². The number of aromatic hydroxyl groups is 1. The van der Waals surface area contributed by atoms with Crippen molar-refractivity contribution >= 4 is 28.8 Å². The third kappa shape index (κ3) is 4.59. The second-order valence-electron chi connectivity index (χ2n) is 8.51. The van der Waals surface area contributed by atoms with Crippen molar-refractivity contribution < 1.29 is 19.4 Å². The summed E-state index contributed by atoms with van der Waals surface area (Å²) in [6.07, 6.45) is 1.55. The maximum Gasteiger partial charge on any atom is 0.340 e. The summed E-state index contributed by atoms with van der Waals surface area (Å²) in [7, 11) is 1.92. The Morgan fingerprint density at radius 1 is 0.971 bits per heavy atom. The molecule has 0 unspecified atom stereocenters. The van der Waals surface area contributed by atoms with Crippen molar-refractivity contribution in [1.82, 2.24) is 0 Å². The number of ketones is 1. The number of esters is 1. The van der Waals surface area contributed by atoms with Gasteiger partial charge in [-0.05, 0) is 48.0 Å². The predicted octanol–water partition coefficient (Wildman–Crippen LogP) is 5.85. The molecule has 7 nitrogen and oxygen atoms in total. The molecule has 0 amide bonds. The number of para-hydroxylation sites is 1. The number of allylic oxidation sites excluding steroid dienone is 1. The van der Waals surface area contributed by atoms with Crippen molar-refractivity contribution in [3.8, 4) is 5.75 Å². The largest absolute Gasteiger partial charge is 0.508 e. The highest BCUT2D eigenvalue weighted by Crippen LogP contribution is 2.46. The number of ether oxygens (including phenoxy) is 1. The number of hydrogen-bond acceptors (Lipinski definition) is 7. The second kappa shape index (κ2) is 9.31. The fourth-order valence-electron chi connectivity index (χ4n) is 4.03. The van der Waals surface area contributed by atoms with E-state index in [2.05, 4.69) is 30.1 Å². The Morgan fingerprint density at radius 2 is 1.65 bits per heavy atom. The standard InChI is InChI=1S/C27H25N3O4/c1-27(2)22-9-5-7-11-24(22)30(3)25(27)16-20(32)17-34-26(33)21-8-4-6-10-23(21)29-28-18-12-14-19(31)15-13-18/h4-16,31H,17H2,1-3H3/b25-16-,29-28?. The van der Waals surface area contributed by atoms with Crippen LogP contribution < -0.4 is 4.90 Å².